The van der Waals surface area contributed by atoms with Crippen LogP contribution in [-0.2, 0) is 9.59 Å². The summed E-state index contributed by atoms with van der Waals surface area (Å²) < 4.78 is 1.84. The van der Waals surface area contributed by atoms with Gasteiger partial charge in [-0.15, -0.1) is 11.8 Å². The SMILES string of the molecule is CC(C)CCN1C(=O)C(CC(=O)N2CCC(n3c(=O)[nH]c4ccccc43)CC2)S[C@H]1c1ccccc1N1CCC(O)CC1. The number of aliphatic hydroxyl groups excluding tert-OH is 1. The average molecular weight is 606 g/mol. The van der Waals surface area contributed by atoms with Gasteiger partial charge in [0.25, 0.3) is 0 Å². The summed E-state index contributed by atoms with van der Waals surface area (Å²) in [5.74, 6) is 0.523. The van der Waals surface area contributed by atoms with Gasteiger partial charge in [-0.25, -0.2) is 4.79 Å². The summed E-state index contributed by atoms with van der Waals surface area (Å²) in [5.41, 5.74) is 3.86. The zero-order valence-electron chi connectivity index (χ0n) is 25.2. The van der Waals surface area contributed by atoms with Crippen molar-refractivity contribution < 1.29 is 14.7 Å². The molecule has 9 nitrogen and oxygen atoms in total. The highest BCUT2D eigenvalue weighted by Crippen LogP contribution is 2.47. The topological polar surface area (TPSA) is 102 Å². The number of imidazole rings is 1. The number of amides is 2. The fourth-order valence-corrected chi connectivity index (χ4v) is 8.28. The van der Waals surface area contributed by atoms with Crippen LogP contribution >= 0.6 is 11.8 Å². The number of hydrogen-bond acceptors (Lipinski definition) is 6. The van der Waals surface area contributed by atoms with Gasteiger partial charge in [0, 0.05) is 56.4 Å². The molecule has 230 valence electrons. The number of carbonyl (C=O) groups excluding carboxylic acids is 2. The number of aromatic amines is 1. The number of benzene rings is 2. The number of nitrogens with one attached hydrogen (secondary N) is 1. The molecule has 3 aromatic rings. The summed E-state index contributed by atoms with van der Waals surface area (Å²) in [4.78, 5) is 49.3. The Labute approximate surface area is 257 Å². The van der Waals surface area contributed by atoms with E-state index in [4.69, 9.17) is 0 Å². The number of H-pyrrole nitrogens is 1. The minimum Gasteiger partial charge on any atom is -0.393 e. The minimum absolute atomic E-state index is 0.0123. The lowest BCUT2D eigenvalue weighted by Crippen LogP contribution is -2.42. The van der Waals surface area contributed by atoms with E-state index in [2.05, 4.69) is 35.9 Å². The molecule has 4 heterocycles. The van der Waals surface area contributed by atoms with Crippen LogP contribution in [0.5, 0.6) is 0 Å². The normalized spacial score (nSPS) is 22.3. The average Bonchev–Trinajstić information content (AvgIpc) is 3.51. The quantitative estimate of drug-likeness (QED) is 0.391. The molecular formula is C33H43N5O4S. The Hall–Kier alpha value is -3.24. The van der Waals surface area contributed by atoms with Gasteiger partial charge in [0.1, 0.15) is 5.37 Å². The Morgan fingerprint density at radius 1 is 0.977 bits per heavy atom. The van der Waals surface area contributed by atoms with Crippen molar-refractivity contribution in [2.45, 2.75) is 75.1 Å². The molecule has 2 amide bonds. The Balaban J connectivity index is 1.15. The van der Waals surface area contributed by atoms with Crippen molar-refractivity contribution >= 4 is 40.3 Å². The molecule has 3 aliphatic heterocycles. The molecule has 2 atom stereocenters. The van der Waals surface area contributed by atoms with E-state index in [0.717, 1.165) is 54.6 Å². The molecule has 0 radical (unpaired) electrons. The predicted octanol–water partition coefficient (Wildman–Crippen LogP) is 4.53. The van der Waals surface area contributed by atoms with Crippen LogP contribution in [0.1, 0.15) is 69.4 Å². The minimum atomic E-state index is -0.421. The second-order valence-corrected chi connectivity index (χ2v) is 13.9. The second kappa shape index (κ2) is 12.8. The van der Waals surface area contributed by atoms with Crippen LogP contribution in [0.25, 0.3) is 11.0 Å². The maximum atomic E-state index is 13.9. The molecule has 3 aliphatic rings. The summed E-state index contributed by atoms with van der Waals surface area (Å²) >= 11 is 1.61. The number of anilines is 1. The fraction of sp³-hybridized carbons (Fsp3) is 0.545. The van der Waals surface area contributed by atoms with Gasteiger partial charge >= 0.3 is 5.69 Å². The summed E-state index contributed by atoms with van der Waals surface area (Å²) in [6.45, 7) is 7.73. The van der Waals surface area contributed by atoms with E-state index in [-0.39, 0.29) is 41.4 Å². The first-order chi connectivity index (χ1) is 20.8. The van der Waals surface area contributed by atoms with Crippen molar-refractivity contribution in [3.63, 3.8) is 0 Å². The molecule has 2 aromatic carbocycles. The third kappa shape index (κ3) is 6.22. The molecule has 0 aliphatic carbocycles. The molecule has 0 bridgehead atoms. The van der Waals surface area contributed by atoms with Gasteiger partial charge in [-0.05, 0) is 56.2 Å². The molecule has 10 heteroatoms. The highest BCUT2D eigenvalue weighted by atomic mass is 32.2. The number of thioether (sulfide) groups is 1. The van der Waals surface area contributed by atoms with Crippen LogP contribution in [0, 0.1) is 5.92 Å². The summed E-state index contributed by atoms with van der Waals surface area (Å²) in [6.07, 6.45) is 3.74. The molecule has 1 aromatic heterocycles. The molecule has 43 heavy (non-hydrogen) atoms. The third-order valence-corrected chi connectivity index (χ3v) is 10.7. The highest BCUT2D eigenvalue weighted by molar-refractivity contribution is 8.01. The molecule has 2 N–H and O–H groups in total. The van der Waals surface area contributed by atoms with E-state index in [9.17, 15) is 19.5 Å². The van der Waals surface area contributed by atoms with Gasteiger partial charge in [-0.1, -0.05) is 44.2 Å². The fourth-order valence-electron chi connectivity index (χ4n) is 6.78. The monoisotopic (exact) mass is 605 g/mol. The number of aliphatic hydroxyl groups is 1. The standard InChI is InChI=1S/C33H43N5O4S/c1-22(2)11-20-37-31(41)29(43-32(37)25-7-3-5-9-27(25)35-18-14-24(39)15-19-35)21-30(40)36-16-12-23(13-17-36)38-28-10-6-4-8-26(28)34-33(38)42/h3-10,22-24,29,32,39H,11-21H2,1-2H3,(H,34,42)/t29?,32-/m0/s1. The van der Waals surface area contributed by atoms with Gasteiger partial charge < -0.3 is 24.8 Å². The van der Waals surface area contributed by atoms with Crippen LogP contribution in [0.4, 0.5) is 5.69 Å². The molecule has 3 saturated heterocycles. The molecule has 0 saturated carbocycles. The van der Waals surface area contributed by atoms with Crippen LogP contribution in [0.2, 0.25) is 0 Å². The first-order valence-corrected chi connectivity index (χ1v) is 16.7. The zero-order valence-corrected chi connectivity index (χ0v) is 26.0. The first kappa shape index (κ1) is 29.8. The van der Waals surface area contributed by atoms with Gasteiger partial charge in [-0.3, -0.25) is 14.2 Å². The van der Waals surface area contributed by atoms with Crippen LogP contribution in [0.3, 0.4) is 0 Å². The van der Waals surface area contributed by atoms with Crippen LogP contribution < -0.4 is 10.6 Å². The molecule has 1 unspecified atom stereocenters. The Morgan fingerprint density at radius 2 is 1.67 bits per heavy atom. The van der Waals surface area contributed by atoms with Crippen molar-refractivity contribution in [3.8, 4) is 0 Å². The van der Waals surface area contributed by atoms with Crippen molar-refractivity contribution in [2.24, 2.45) is 5.92 Å². The largest absolute Gasteiger partial charge is 0.393 e. The number of fused-ring (bicyclic) bond motifs is 1. The molecule has 0 spiro atoms. The summed E-state index contributed by atoms with van der Waals surface area (Å²) in [6, 6.07) is 16.1. The van der Waals surface area contributed by atoms with E-state index in [1.54, 1.807) is 11.8 Å². The van der Waals surface area contributed by atoms with Crippen LogP contribution in [0.15, 0.2) is 53.3 Å². The number of hydrogen-bond donors (Lipinski definition) is 2. The molecule has 3 fully saturated rings. The molecular weight excluding hydrogens is 562 g/mol. The van der Waals surface area contributed by atoms with E-state index in [1.165, 1.54) is 0 Å². The predicted molar refractivity (Wildman–Crippen MR) is 171 cm³/mol. The number of aromatic nitrogens is 2. The van der Waals surface area contributed by atoms with Crippen molar-refractivity contribution in [2.75, 3.05) is 37.6 Å². The van der Waals surface area contributed by atoms with Gasteiger partial charge in [0.15, 0.2) is 0 Å². The summed E-state index contributed by atoms with van der Waals surface area (Å²) in [7, 11) is 0. The zero-order chi connectivity index (χ0) is 30.1. The van der Waals surface area contributed by atoms with Gasteiger partial charge in [0.2, 0.25) is 11.8 Å². The van der Waals surface area contributed by atoms with Crippen molar-refractivity contribution in [1.82, 2.24) is 19.4 Å². The number of nitrogens with zero attached hydrogens (tertiary/aromatic N) is 4. The Morgan fingerprint density at radius 3 is 2.42 bits per heavy atom. The highest BCUT2D eigenvalue weighted by Gasteiger charge is 2.43. The lowest BCUT2D eigenvalue weighted by Gasteiger charge is -2.35. The summed E-state index contributed by atoms with van der Waals surface area (Å²) in [5, 5.41) is 9.49. The van der Waals surface area contributed by atoms with E-state index in [0.29, 0.717) is 38.4 Å². The lowest BCUT2D eigenvalue weighted by molar-refractivity contribution is -0.136. The number of rotatable bonds is 8. The van der Waals surface area contributed by atoms with Crippen LogP contribution in [-0.4, -0.2) is 80.3 Å². The number of carbonyl (C=O) groups is 2. The number of likely N-dealkylation sites (tertiary alicyclic amines) is 1. The Bertz CT molecular complexity index is 1500. The smallest absolute Gasteiger partial charge is 0.326 e. The van der Waals surface area contributed by atoms with Crippen molar-refractivity contribution in [3.05, 3.63) is 64.6 Å². The maximum absolute atomic E-state index is 13.9. The van der Waals surface area contributed by atoms with Gasteiger partial charge in [-0.2, -0.15) is 0 Å². The van der Waals surface area contributed by atoms with E-state index < -0.39 is 5.25 Å². The number of para-hydroxylation sites is 3. The van der Waals surface area contributed by atoms with E-state index in [1.807, 2.05) is 50.8 Å². The third-order valence-electron chi connectivity index (χ3n) is 9.26. The van der Waals surface area contributed by atoms with Gasteiger partial charge in [0.05, 0.1) is 22.4 Å². The lowest BCUT2D eigenvalue weighted by atomic mass is 10.0. The number of piperidine rings is 2. The van der Waals surface area contributed by atoms with Crippen molar-refractivity contribution in [1.29, 1.82) is 0 Å². The first-order valence-electron chi connectivity index (χ1n) is 15.7. The second-order valence-electron chi connectivity index (χ2n) is 12.6. The van der Waals surface area contributed by atoms with E-state index >= 15 is 0 Å². The molecule has 6 rings (SSSR count). The maximum Gasteiger partial charge on any atom is 0.326 e. The Kier molecular flexibility index (Phi) is 8.86.